The molecule has 2 aromatic rings. The van der Waals surface area contributed by atoms with Crippen molar-refractivity contribution in [1.82, 2.24) is 9.97 Å². The third-order valence-corrected chi connectivity index (χ3v) is 3.64. The van der Waals surface area contributed by atoms with E-state index in [1.165, 1.54) is 23.6 Å². The monoisotopic (exact) mass is 282 g/mol. The van der Waals surface area contributed by atoms with Gasteiger partial charge in [-0.05, 0) is 19.9 Å². The number of pyridine rings is 1. The Labute approximate surface area is 113 Å². The standard InChI is InChI=1S/C11H11ClN4OS/c1-5-6(2)18-11(15-5)16-10(17)8-3-7(13)4-14-9(8)12/h3-4H,13H2,1-2H3,(H,15,16,17). The predicted octanol–water partition coefficient (Wildman–Crippen LogP) is 2.64. The van der Waals surface area contributed by atoms with Gasteiger partial charge in [0.05, 0.1) is 23.1 Å². The summed E-state index contributed by atoms with van der Waals surface area (Å²) >= 11 is 7.26. The van der Waals surface area contributed by atoms with E-state index in [-0.39, 0.29) is 16.6 Å². The number of carbonyl (C=O) groups is 1. The number of amides is 1. The average Bonchev–Trinajstić information content (AvgIpc) is 2.61. The molecule has 0 radical (unpaired) electrons. The topological polar surface area (TPSA) is 80.9 Å². The van der Waals surface area contributed by atoms with E-state index in [0.717, 1.165) is 10.6 Å². The van der Waals surface area contributed by atoms with E-state index < -0.39 is 0 Å². The lowest BCUT2D eigenvalue weighted by Crippen LogP contribution is -2.13. The largest absolute Gasteiger partial charge is 0.397 e. The SMILES string of the molecule is Cc1nc(NC(=O)c2cc(N)cnc2Cl)sc1C. The molecule has 2 aromatic heterocycles. The molecule has 18 heavy (non-hydrogen) atoms. The molecule has 0 bridgehead atoms. The Morgan fingerprint density at radius 3 is 2.83 bits per heavy atom. The smallest absolute Gasteiger partial charge is 0.260 e. The van der Waals surface area contributed by atoms with Crippen LogP contribution >= 0.6 is 22.9 Å². The molecule has 2 rings (SSSR count). The number of hydrogen-bond acceptors (Lipinski definition) is 5. The fourth-order valence-electron chi connectivity index (χ4n) is 1.31. The first-order chi connectivity index (χ1) is 8.47. The molecule has 1 amide bonds. The number of thiazole rings is 1. The Bertz CT molecular complexity index is 592. The molecule has 0 spiro atoms. The van der Waals surface area contributed by atoms with Crippen molar-refractivity contribution in [1.29, 1.82) is 0 Å². The maximum atomic E-state index is 12.0. The molecule has 0 aliphatic carbocycles. The van der Waals surface area contributed by atoms with Crippen LogP contribution in [0.25, 0.3) is 0 Å². The lowest BCUT2D eigenvalue weighted by Gasteiger charge is -2.04. The van der Waals surface area contributed by atoms with E-state index in [4.69, 9.17) is 17.3 Å². The molecule has 7 heteroatoms. The van der Waals surface area contributed by atoms with Gasteiger partial charge in [-0.2, -0.15) is 0 Å². The first-order valence-electron chi connectivity index (χ1n) is 5.14. The molecule has 0 fully saturated rings. The summed E-state index contributed by atoms with van der Waals surface area (Å²) in [4.78, 5) is 21.1. The van der Waals surface area contributed by atoms with Crippen LogP contribution in [0, 0.1) is 13.8 Å². The second-order valence-corrected chi connectivity index (χ2v) is 5.28. The van der Waals surface area contributed by atoms with E-state index in [1.54, 1.807) is 0 Å². The Balaban J connectivity index is 2.24. The van der Waals surface area contributed by atoms with Crippen LogP contribution < -0.4 is 11.1 Å². The molecule has 0 unspecified atom stereocenters. The van der Waals surface area contributed by atoms with Crippen molar-refractivity contribution in [3.8, 4) is 0 Å². The number of anilines is 2. The normalized spacial score (nSPS) is 10.4. The molecule has 94 valence electrons. The lowest BCUT2D eigenvalue weighted by atomic mass is 10.2. The molecule has 0 saturated heterocycles. The lowest BCUT2D eigenvalue weighted by molar-refractivity contribution is 0.102. The molecule has 0 aliphatic rings. The van der Waals surface area contributed by atoms with Gasteiger partial charge in [0.1, 0.15) is 5.15 Å². The molecule has 0 atom stereocenters. The minimum atomic E-state index is -0.367. The number of rotatable bonds is 2. The van der Waals surface area contributed by atoms with Crippen molar-refractivity contribution in [3.05, 3.63) is 33.6 Å². The van der Waals surface area contributed by atoms with Crippen LogP contribution in [-0.4, -0.2) is 15.9 Å². The van der Waals surface area contributed by atoms with Gasteiger partial charge in [0.2, 0.25) is 0 Å². The first kappa shape index (κ1) is 12.8. The number of carbonyl (C=O) groups excluding carboxylic acids is 1. The van der Waals surface area contributed by atoms with Gasteiger partial charge in [0, 0.05) is 4.88 Å². The number of halogens is 1. The van der Waals surface area contributed by atoms with Crippen molar-refractivity contribution >= 4 is 39.7 Å². The first-order valence-corrected chi connectivity index (χ1v) is 6.33. The van der Waals surface area contributed by atoms with Gasteiger partial charge in [0.25, 0.3) is 5.91 Å². The zero-order chi connectivity index (χ0) is 13.3. The van der Waals surface area contributed by atoms with Gasteiger partial charge in [-0.1, -0.05) is 11.6 Å². The van der Waals surface area contributed by atoms with Crippen molar-refractivity contribution < 1.29 is 4.79 Å². The highest BCUT2D eigenvalue weighted by molar-refractivity contribution is 7.15. The Morgan fingerprint density at radius 1 is 1.50 bits per heavy atom. The van der Waals surface area contributed by atoms with Crippen LogP contribution in [0.15, 0.2) is 12.3 Å². The number of nitrogen functional groups attached to an aromatic ring is 1. The van der Waals surface area contributed by atoms with Gasteiger partial charge < -0.3 is 5.73 Å². The van der Waals surface area contributed by atoms with E-state index >= 15 is 0 Å². The van der Waals surface area contributed by atoms with Gasteiger partial charge in [-0.15, -0.1) is 11.3 Å². The molecular formula is C11H11ClN4OS. The van der Waals surface area contributed by atoms with Crippen molar-refractivity contribution in [2.24, 2.45) is 0 Å². The summed E-state index contributed by atoms with van der Waals surface area (Å²) in [6.07, 6.45) is 1.40. The zero-order valence-electron chi connectivity index (χ0n) is 9.82. The van der Waals surface area contributed by atoms with E-state index in [0.29, 0.717) is 10.8 Å². The Hall–Kier alpha value is -1.66. The summed E-state index contributed by atoms with van der Waals surface area (Å²) in [6, 6.07) is 1.48. The van der Waals surface area contributed by atoms with E-state index in [9.17, 15) is 4.79 Å². The highest BCUT2D eigenvalue weighted by atomic mass is 35.5. The molecule has 2 heterocycles. The maximum absolute atomic E-state index is 12.0. The summed E-state index contributed by atoms with van der Waals surface area (Å²) in [5, 5.41) is 3.33. The second kappa shape index (κ2) is 4.91. The molecule has 0 aliphatic heterocycles. The summed E-state index contributed by atoms with van der Waals surface area (Å²) < 4.78 is 0. The highest BCUT2D eigenvalue weighted by Gasteiger charge is 2.14. The van der Waals surface area contributed by atoms with Gasteiger partial charge in [-0.3, -0.25) is 10.1 Å². The van der Waals surface area contributed by atoms with Crippen molar-refractivity contribution in [3.63, 3.8) is 0 Å². The Morgan fingerprint density at radius 2 is 2.22 bits per heavy atom. The fraction of sp³-hybridized carbons (Fsp3) is 0.182. The summed E-state index contributed by atoms with van der Waals surface area (Å²) in [5.74, 6) is -0.367. The van der Waals surface area contributed by atoms with Crippen LogP contribution in [0.2, 0.25) is 5.15 Å². The van der Waals surface area contributed by atoms with Crippen LogP contribution in [-0.2, 0) is 0 Å². The minimum absolute atomic E-state index is 0.117. The van der Waals surface area contributed by atoms with E-state index in [2.05, 4.69) is 15.3 Å². The molecule has 3 N–H and O–H groups in total. The number of nitrogens with one attached hydrogen (secondary N) is 1. The molecule has 0 aromatic carbocycles. The minimum Gasteiger partial charge on any atom is -0.397 e. The second-order valence-electron chi connectivity index (χ2n) is 3.72. The number of aryl methyl sites for hydroxylation is 2. The predicted molar refractivity (Wildman–Crippen MR) is 73.2 cm³/mol. The third-order valence-electron chi connectivity index (χ3n) is 2.35. The quantitative estimate of drug-likeness (QED) is 0.830. The summed E-state index contributed by atoms with van der Waals surface area (Å²) in [6.45, 7) is 3.83. The van der Waals surface area contributed by atoms with Crippen LogP contribution in [0.4, 0.5) is 10.8 Å². The van der Waals surface area contributed by atoms with E-state index in [1.807, 2.05) is 13.8 Å². The summed E-state index contributed by atoms with van der Waals surface area (Å²) in [7, 11) is 0. The van der Waals surface area contributed by atoms with Crippen molar-refractivity contribution in [2.75, 3.05) is 11.1 Å². The Kier molecular flexibility index (Phi) is 3.49. The van der Waals surface area contributed by atoms with Crippen LogP contribution in [0.1, 0.15) is 20.9 Å². The average molecular weight is 283 g/mol. The molecular weight excluding hydrogens is 272 g/mol. The molecule has 0 saturated carbocycles. The maximum Gasteiger partial charge on any atom is 0.260 e. The van der Waals surface area contributed by atoms with Crippen LogP contribution in [0.5, 0.6) is 0 Å². The van der Waals surface area contributed by atoms with Crippen molar-refractivity contribution in [2.45, 2.75) is 13.8 Å². The number of hydrogen-bond donors (Lipinski definition) is 2. The number of nitrogens with two attached hydrogens (primary N) is 1. The van der Waals surface area contributed by atoms with Crippen LogP contribution in [0.3, 0.4) is 0 Å². The molecule has 5 nitrogen and oxygen atoms in total. The number of aromatic nitrogens is 2. The van der Waals surface area contributed by atoms with Gasteiger partial charge >= 0.3 is 0 Å². The number of nitrogens with zero attached hydrogens (tertiary/aromatic N) is 2. The zero-order valence-corrected chi connectivity index (χ0v) is 11.4. The highest BCUT2D eigenvalue weighted by Crippen LogP contribution is 2.23. The third kappa shape index (κ3) is 2.60. The van der Waals surface area contributed by atoms with Gasteiger partial charge in [-0.25, -0.2) is 9.97 Å². The van der Waals surface area contributed by atoms with Gasteiger partial charge in [0.15, 0.2) is 5.13 Å². The summed E-state index contributed by atoms with van der Waals surface area (Å²) in [5.41, 5.74) is 7.09. The fourth-order valence-corrected chi connectivity index (χ4v) is 2.31.